The maximum atomic E-state index is 9.68. The summed E-state index contributed by atoms with van der Waals surface area (Å²) in [6.45, 7) is 2.59. The molecule has 2 aliphatic rings. The lowest BCUT2D eigenvalue weighted by atomic mass is 9.79. The number of aliphatic hydroxyl groups excluding tert-OH is 1. The average Bonchev–Trinajstić information content (AvgIpc) is 2.48. The fraction of sp³-hybridized carbons (Fsp3) is 0.667. The van der Waals surface area contributed by atoms with E-state index in [1.807, 2.05) is 24.3 Å². The van der Waals surface area contributed by atoms with Crippen LogP contribution in [0.2, 0.25) is 0 Å². The van der Waals surface area contributed by atoms with Crippen LogP contribution in [-0.2, 0) is 4.74 Å². The number of ether oxygens (including phenoxy) is 2. The molecular formula is C18H26O3. The Labute approximate surface area is 127 Å². The predicted octanol–water partition coefficient (Wildman–Crippen LogP) is 4.00. The Hall–Kier alpha value is -1.06. The maximum Gasteiger partial charge on any atom is 0.120 e. The molecule has 0 aromatic heterocycles. The highest BCUT2D eigenvalue weighted by Crippen LogP contribution is 2.39. The molecule has 1 saturated heterocycles. The van der Waals surface area contributed by atoms with Gasteiger partial charge in [-0.3, -0.25) is 0 Å². The third kappa shape index (κ3) is 3.58. The molecule has 1 saturated carbocycles. The predicted molar refractivity (Wildman–Crippen MR) is 82.5 cm³/mol. The highest BCUT2D eigenvalue weighted by molar-refractivity contribution is 5.29. The Bertz CT molecular complexity index is 458. The van der Waals surface area contributed by atoms with Crippen LogP contribution in [-0.4, -0.2) is 23.4 Å². The van der Waals surface area contributed by atoms with Crippen LogP contribution in [0.25, 0.3) is 0 Å². The Balaban J connectivity index is 1.65. The van der Waals surface area contributed by atoms with Crippen LogP contribution in [0.1, 0.15) is 63.5 Å². The maximum absolute atomic E-state index is 9.68. The average molecular weight is 290 g/mol. The van der Waals surface area contributed by atoms with E-state index in [2.05, 4.69) is 0 Å². The molecule has 1 spiro atoms. The number of benzene rings is 1. The third-order valence-corrected chi connectivity index (χ3v) is 4.86. The summed E-state index contributed by atoms with van der Waals surface area (Å²) in [5, 5.41) is 9.68. The second-order valence-electron chi connectivity index (χ2n) is 6.57. The van der Waals surface area contributed by atoms with Crippen LogP contribution < -0.4 is 4.74 Å². The molecule has 116 valence electrons. The van der Waals surface area contributed by atoms with Gasteiger partial charge in [-0.2, -0.15) is 0 Å². The van der Waals surface area contributed by atoms with E-state index < -0.39 is 6.10 Å². The molecule has 0 radical (unpaired) electrons. The molecule has 1 aliphatic heterocycles. The zero-order chi connectivity index (χ0) is 14.7. The van der Waals surface area contributed by atoms with Crippen molar-refractivity contribution in [3.63, 3.8) is 0 Å². The van der Waals surface area contributed by atoms with Crippen molar-refractivity contribution in [1.82, 2.24) is 0 Å². The van der Waals surface area contributed by atoms with Crippen LogP contribution in [0.3, 0.4) is 0 Å². The highest BCUT2D eigenvalue weighted by Gasteiger charge is 2.39. The third-order valence-electron chi connectivity index (χ3n) is 4.86. The van der Waals surface area contributed by atoms with Crippen molar-refractivity contribution in [2.75, 3.05) is 6.61 Å². The molecule has 0 bridgehead atoms. The summed E-state index contributed by atoms with van der Waals surface area (Å²) in [6, 6.07) is 7.82. The van der Waals surface area contributed by atoms with Crippen LogP contribution >= 0.6 is 0 Å². The summed E-state index contributed by atoms with van der Waals surface area (Å²) in [6.07, 6.45) is 8.02. The van der Waals surface area contributed by atoms with Gasteiger partial charge in [-0.05, 0) is 37.5 Å². The van der Waals surface area contributed by atoms with E-state index >= 15 is 0 Å². The van der Waals surface area contributed by atoms with Gasteiger partial charge in [0, 0.05) is 12.8 Å². The van der Waals surface area contributed by atoms with Gasteiger partial charge in [0.05, 0.1) is 18.3 Å². The molecule has 2 fully saturated rings. The van der Waals surface area contributed by atoms with Crippen molar-refractivity contribution in [3.05, 3.63) is 29.8 Å². The van der Waals surface area contributed by atoms with E-state index in [0.717, 1.165) is 30.8 Å². The summed E-state index contributed by atoms with van der Waals surface area (Å²) in [5.41, 5.74) is 0.982. The van der Waals surface area contributed by atoms with Crippen LogP contribution in [0, 0.1) is 0 Å². The van der Waals surface area contributed by atoms with Crippen molar-refractivity contribution in [2.45, 2.75) is 69.7 Å². The summed E-state index contributed by atoms with van der Waals surface area (Å²) in [7, 11) is 0. The molecule has 1 aromatic rings. The first-order valence-corrected chi connectivity index (χ1v) is 8.26. The van der Waals surface area contributed by atoms with Crippen LogP contribution in [0.15, 0.2) is 24.3 Å². The highest BCUT2D eigenvalue weighted by atomic mass is 16.5. The van der Waals surface area contributed by atoms with Gasteiger partial charge in [-0.1, -0.05) is 31.4 Å². The monoisotopic (exact) mass is 290 g/mol. The summed E-state index contributed by atoms with van der Waals surface area (Å²) in [4.78, 5) is 0. The number of aliphatic hydroxyl groups is 1. The molecule has 3 nitrogen and oxygen atoms in total. The Morgan fingerprint density at radius 1 is 1.29 bits per heavy atom. The van der Waals surface area contributed by atoms with E-state index in [1.165, 1.54) is 32.1 Å². The minimum atomic E-state index is -0.451. The van der Waals surface area contributed by atoms with Crippen LogP contribution in [0.4, 0.5) is 0 Å². The molecule has 2 atom stereocenters. The minimum absolute atomic E-state index is 0.0725. The van der Waals surface area contributed by atoms with Gasteiger partial charge in [0.15, 0.2) is 0 Å². The zero-order valence-corrected chi connectivity index (χ0v) is 12.9. The van der Waals surface area contributed by atoms with Gasteiger partial charge in [0.2, 0.25) is 0 Å². The smallest absolute Gasteiger partial charge is 0.120 e. The topological polar surface area (TPSA) is 38.7 Å². The molecule has 1 aromatic carbocycles. The molecule has 1 unspecified atom stereocenters. The van der Waals surface area contributed by atoms with Gasteiger partial charge in [0.25, 0.3) is 0 Å². The molecule has 3 heteroatoms. The lowest BCUT2D eigenvalue weighted by Gasteiger charge is -2.43. The van der Waals surface area contributed by atoms with Crippen molar-refractivity contribution >= 4 is 0 Å². The fourth-order valence-electron chi connectivity index (χ4n) is 3.67. The molecule has 1 N–H and O–H groups in total. The Morgan fingerprint density at radius 2 is 2.10 bits per heavy atom. The Morgan fingerprint density at radius 3 is 2.86 bits per heavy atom. The lowest BCUT2D eigenvalue weighted by molar-refractivity contribution is -0.129. The summed E-state index contributed by atoms with van der Waals surface area (Å²) < 4.78 is 12.3. The normalized spacial score (nSPS) is 26.5. The molecule has 21 heavy (non-hydrogen) atoms. The van der Waals surface area contributed by atoms with Gasteiger partial charge in [-0.25, -0.2) is 0 Å². The van der Waals surface area contributed by atoms with Gasteiger partial charge < -0.3 is 14.6 Å². The molecular weight excluding hydrogens is 264 g/mol. The Kier molecular flexibility index (Phi) is 4.51. The van der Waals surface area contributed by atoms with Crippen molar-refractivity contribution in [3.8, 4) is 5.75 Å². The second kappa shape index (κ2) is 6.37. The van der Waals surface area contributed by atoms with E-state index in [0.29, 0.717) is 0 Å². The van der Waals surface area contributed by atoms with Crippen molar-refractivity contribution < 1.29 is 14.6 Å². The minimum Gasteiger partial charge on any atom is -0.490 e. The standard InChI is InChI=1S/C18H26O3/c1-14(19)15-6-5-7-16(12-15)21-17-8-11-20-18(13-17)9-3-2-4-10-18/h5-7,12,14,17,19H,2-4,8-11,13H2,1H3/t14-,17?/m1/s1. The van der Waals surface area contributed by atoms with Gasteiger partial charge >= 0.3 is 0 Å². The van der Waals surface area contributed by atoms with Crippen LogP contribution in [0.5, 0.6) is 5.75 Å². The lowest BCUT2D eigenvalue weighted by Crippen LogP contribution is -2.45. The summed E-state index contributed by atoms with van der Waals surface area (Å²) >= 11 is 0. The van der Waals surface area contributed by atoms with E-state index in [9.17, 15) is 5.11 Å². The fourth-order valence-corrected chi connectivity index (χ4v) is 3.67. The van der Waals surface area contributed by atoms with Crippen molar-refractivity contribution in [2.24, 2.45) is 0 Å². The first-order chi connectivity index (χ1) is 10.2. The van der Waals surface area contributed by atoms with Gasteiger partial charge in [0.1, 0.15) is 11.9 Å². The largest absolute Gasteiger partial charge is 0.490 e. The zero-order valence-electron chi connectivity index (χ0n) is 12.9. The molecule has 0 amide bonds. The molecule has 1 heterocycles. The van der Waals surface area contributed by atoms with E-state index in [-0.39, 0.29) is 11.7 Å². The van der Waals surface area contributed by atoms with E-state index in [4.69, 9.17) is 9.47 Å². The van der Waals surface area contributed by atoms with Gasteiger partial charge in [-0.15, -0.1) is 0 Å². The first-order valence-electron chi connectivity index (χ1n) is 8.26. The van der Waals surface area contributed by atoms with E-state index in [1.54, 1.807) is 6.92 Å². The first kappa shape index (κ1) is 14.9. The quantitative estimate of drug-likeness (QED) is 0.914. The van der Waals surface area contributed by atoms with Crippen molar-refractivity contribution in [1.29, 1.82) is 0 Å². The second-order valence-corrected chi connectivity index (χ2v) is 6.57. The summed E-state index contributed by atoms with van der Waals surface area (Å²) in [5.74, 6) is 0.867. The molecule has 1 aliphatic carbocycles. The number of hydrogen-bond donors (Lipinski definition) is 1. The SMILES string of the molecule is C[C@@H](O)c1cccc(OC2CCOC3(CCCCC3)C2)c1. The molecule has 3 rings (SSSR count). The number of hydrogen-bond acceptors (Lipinski definition) is 3. The number of rotatable bonds is 3.